The molecule has 1 aromatic heterocycles. The van der Waals surface area contributed by atoms with Crippen LogP contribution in [0.2, 0.25) is 0 Å². The lowest BCUT2D eigenvalue weighted by atomic mass is 10.0. The highest BCUT2D eigenvalue weighted by atomic mass is 16.5. The number of hydrogen-bond acceptors (Lipinski definition) is 4. The highest BCUT2D eigenvalue weighted by Crippen LogP contribution is 2.15. The lowest BCUT2D eigenvalue weighted by molar-refractivity contribution is -0.121. The molecule has 0 saturated heterocycles. The van der Waals surface area contributed by atoms with Gasteiger partial charge < -0.3 is 9.84 Å². The third-order valence-corrected chi connectivity index (χ3v) is 4.15. The molecule has 5 nitrogen and oxygen atoms in total. The molecule has 3 aromatic rings. The average molecular weight is 335 g/mol. The molecule has 1 heterocycles. The molecule has 0 aliphatic rings. The Balaban J connectivity index is 1.49. The standard InChI is InChI=1S/C20H21N3O2/c1-14-8-9-16(12-15(14)2)10-11-18(24)21-13-19-22-20(23-25-19)17-6-4-3-5-7-17/h3-9,12H,10-11,13H2,1-2H3,(H,21,24). The second-order valence-electron chi connectivity index (χ2n) is 6.07. The molecule has 1 amide bonds. The van der Waals surface area contributed by atoms with Gasteiger partial charge in [0.1, 0.15) is 0 Å². The summed E-state index contributed by atoms with van der Waals surface area (Å²) in [6, 6.07) is 15.9. The number of hydrogen-bond donors (Lipinski definition) is 1. The molecule has 0 unspecified atom stereocenters. The Morgan fingerprint density at radius 2 is 1.88 bits per heavy atom. The zero-order valence-electron chi connectivity index (χ0n) is 14.5. The lowest BCUT2D eigenvalue weighted by Gasteiger charge is -2.05. The second-order valence-corrected chi connectivity index (χ2v) is 6.07. The molecule has 3 rings (SSSR count). The largest absolute Gasteiger partial charge is 0.347 e. The summed E-state index contributed by atoms with van der Waals surface area (Å²) in [5, 5.41) is 6.76. The molecule has 0 bridgehead atoms. The van der Waals surface area contributed by atoms with Crippen molar-refractivity contribution in [1.29, 1.82) is 0 Å². The van der Waals surface area contributed by atoms with E-state index in [0.29, 0.717) is 24.6 Å². The van der Waals surface area contributed by atoms with Crippen LogP contribution in [0.1, 0.15) is 29.0 Å². The minimum Gasteiger partial charge on any atom is -0.347 e. The van der Waals surface area contributed by atoms with E-state index in [-0.39, 0.29) is 12.5 Å². The van der Waals surface area contributed by atoms with E-state index in [1.165, 1.54) is 16.7 Å². The molecule has 25 heavy (non-hydrogen) atoms. The summed E-state index contributed by atoms with van der Waals surface area (Å²) in [6.45, 7) is 4.41. The second kappa shape index (κ2) is 7.75. The van der Waals surface area contributed by atoms with Crippen molar-refractivity contribution in [3.8, 4) is 11.4 Å². The Bertz CT molecular complexity index is 856. The van der Waals surface area contributed by atoms with Crippen LogP contribution < -0.4 is 5.32 Å². The van der Waals surface area contributed by atoms with Crippen LogP contribution in [0.3, 0.4) is 0 Å². The molecule has 0 saturated carbocycles. The van der Waals surface area contributed by atoms with E-state index in [4.69, 9.17) is 4.52 Å². The maximum atomic E-state index is 12.0. The fraction of sp³-hybridized carbons (Fsp3) is 0.250. The van der Waals surface area contributed by atoms with Gasteiger partial charge in [-0.05, 0) is 37.0 Å². The highest BCUT2D eigenvalue weighted by molar-refractivity contribution is 5.76. The predicted octanol–water partition coefficient (Wildman–Crippen LogP) is 3.60. The molecule has 5 heteroatoms. The first kappa shape index (κ1) is 16.9. The van der Waals surface area contributed by atoms with Gasteiger partial charge in [0.05, 0.1) is 6.54 Å². The van der Waals surface area contributed by atoms with Crippen LogP contribution in [0.4, 0.5) is 0 Å². The SMILES string of the molecule is Cc1ccc(CCC(=O)NCc2nc(-c3ccccc3)no2)cc1C. The van der Waals surface area contributed by atoms with Crippen LogP contribution in [-0.4, -0.2) is 16.0 Å². The Hall–Kier alpha value is -2.95. The maximum Gasteiger partial charge on any atom is 0.246 e. The van der Waals surface area contributed by atoms with E-state index in [2.05, 4.69) is 47.5 Å². The van der Waals surface area contributed by atoms with Gasteiger partial charge in [-0.3, -0.25) is 4.79 Å². The van der Waals surface area contributed by atoms with Crippen molar-refractivity contribution >= 4 is 5.91 Å². The molecule has 1 N–H and O–H groups in total. The van der Waals surface area contributed by atoms with Crippen LogP contribution in [0.25, 0.3) is 11.4 Å². The fourth-order valence-corrected chi connectivity index (χ4v) is 2.51. The minimum absolute atomic E-state index is 0.0299. The fourth-order valence-electron chi connectivity index (χ4n) is 2.51. The molecule has 0 aliphatic heterocycles. The van der Waals surface area contributed by atoms with Crippen LogP contribution in [-0.2, 0) is 17.8 Å². The molecule has 0 spiro atoms. The third-order valence-electron chi connectivity index (χ3n) is 4.15. The molecule has 0 atom stereocenters. The van der Waals surface area contributed by atoms with Crippen molar-refractivity contribution in [3.05, 3.63) is 71.1 Å². The summed E-state index contributed by atoms with van der Waals surface area (Å²) in [5.74, 6) is 0.899. The number of rotatable bonds is 6. The van der Waals surface area contributed by atoms with E-state index in [1.807, 2.05) is 30.3 Å². The van der Waals surface area contributed by atoms with Crippen molar-refractivity contribution in [2.45, 2.75) is 33.2 Å². The molecule has 0 fully saturated rings. The maximum absolute atomic E-state index is 12.0. The van der Waals surface area contributed by atoms with Gasteiger partial charge in [-0.1, -0.05) is 53.7 Å². The van der Waals surface area contributed by atoms with Crippen molar-refractivity contribution < 1.29 is 9.32 Å². The molecule has 0 aliphatic carbocycles. The normalized spacial score (nSPS) is 10.6. The van der Waals surface area contributed by atoms with Gasteiger partial charge in [-0.25, -0.2) is 0 Å². The Kier molecular flexibility index (Phi) is 5.23. The Labute approximate surface area is 147 Å². The summed E-state index contributed by atoms with van der Waals surface area (Å²) >= 11 is 0. The van der Waals surface area contributed by atoms with E-state index in [1.54, 1.807) is 0 Å². The number of aromatic nitrogens is 2. The van der Waals surface area contributed by atoms with Crippen LogP contribution >= 0.6 is 0 Å². The van der Waals surface area contributed by atoms with E-state index in [0.717, 1.165) is 5.56 Å². The zero-order chi connectivity index (χ0) is 17.6. The molecular weight excluding hydrogens is 314 g/mol. The zero-order valence-corrected chi connectivity index (χ0v) is 14.5. The third kappa shape index (κ3) is 4.53. The van der Waals surface area contributed by atoms with E-state index in [9.17, 15) is 4.79 Å². The van der Waals surface area contributed by atoms with Crippen molar-refractivity contribution in [2.24, 2.45) is 0 Å². The van der Waals surface area contributed by atoms with Gasteiger partial charge in [-0.2, -0.15) is 4.98 Å². The highest BCUT2D eigenvalue weighted by Gasteiger charge is 2.10. The quantitative estimate of drug-likeness (QED) is 0.747. The summed E-state index contributed by atoms with van der Waals surface area (Å²) in [4.78, 5) is 16.3. The van der Waals surface area contributed by atoms with Crippen molar-refractivity contribution in [1.82, 2.24) is 15.5 Å². The number of carbonyl (C=O) groups is 1. The van der Waals surface area contributed by atoms with Crippen molar-refractivity contribution in [2.75, 3.05) is 0 Å². The smallest absolute Gasteiger partial charge is 0.246 e. The first-order valence-corrected chi connectivity index (χ1v) is 8.32. The topological polar surface area (TPSA) is 68.0 Å². The van der Waals surface area contributed by atoms with Gasteiger partial charge in [0.25, 0.3) is 0 Å². The molecular formula is C20H21N3O2. The van der Waals surface area contributed by atoms with Gasteiger partial charge in [0, 0.05) is 12.0 Å². The predicted molar refractivity (Wildman–Crippen MR) is 95.8 cm³/mol. The Morgan fingerprint density at radius 3 is 2.64 bits per heavy atom. The van der Waals surface area contributed by atoms with Gasteiger partial charge in [0.2, 0.25) is 17.6 Å². The first-order valence-electron chi connectivity index (χ1n) is 8.32. The van der Waals surface area contributed by atoms with Crippen LogP contribution in [0.5, 0.6) is 0 Å². The monoisotopic (exact) mass is 335 g/mol. The van der Waals surface area contributed by atoms with Gasteiger partial charge in [-0.15, -0.1) is 0 Å². The molecule has 2 aromatic carbocycles. The summed E-state index contributed by atoms with van der Waals surface area (Å²) in [7, 11) is 0. The summed E-state index contributed by atoms with van der Waals surface area (Å²) in [6.07, 6.45) is 1.15. The van der Waals surface area contributed by atoms with E-state index < -0.39 is 0 Å². The Morgan fingerprint density at radius 1 is 1.08 bits per heavy atom. The average Bonchev–Trinajstić information content (AvgIpc) is 3.11. The summed E-state index contributed by atoms with van der Waals surface area (Å²) in [5.41, 5.74) is 4.57. The number of nitrogens with one attached hydrogen (secondary N) is 1. The van der Waals surface area contributed by atoms with Crippen LogP contribution in [0, 0.1) is 13.8 Å². The lowest BCUT2D eigenvalue weighted by Crippen LogP contribution is -2.23. The number of nitrogens with zero attached hydrogens (tertiary/aromatic N) is 2. The van der Waals surface area contributed by atoms with Crippen molar-refractivity contribution in [3.63, 3.8) is 0 Å². The number of carbonyl (C=O) groups excluding carboxylic acids is 1. The van der Waals surface area contributed by atoms with Crippen LogP contribution in [0.15, 0.2) is 53.1 Å². The first-order chi connectivity index (χ1) is 12.1. The molecule has 128 valence electrons. The number of benzene rings is 2. The minimum atomic E-state index is -0.0299. The summed E-state index contributed by atoms with van der Waals surface area (Å²) < 4.78 is 5.19. The number of amides is 1. The molecule has 0 radical (unpaired) electrons. The van der Waals surface area contributed by atoms with Gasteiger partial charge in [0.15, 0.2) is 0 Å². The van der Waals surface area contributed by atoms with E-state index >= 15 is 0 Å². The number of aryl methyl sites for hydroxylation is 3. The van der Waals surface area contributed by atoms with Gasteiger partial charge >= 0.3 is 0 Å².